The topological polar surface area (TPSA) is 205 Å². The Balaban J connectivity index is 1.79. The Morgan fingerprint density at radius 1 is 0.880 bits per heavy atom. The molecule has 0 fully saturated rings. The number of benzene rings is 3. The number of amides is 1. The van der Waals surface area contributed by atoms with Gasteiger partial charge in [0.1, 0.15) is 5.75 Å². The van der Waals surface area contributed by atoms with Gasteiger partial charge in [-0.25, -0.2) is 0 Å². The van der Waals surface area contributed by atoms with Crippen molar-refractivity contribution >= 4 is 17.8 Å². The van der Waals surface area contributed by atoms with E-state index in [-0.39, 0.29) is 51.6 Å². The summed E-state index contributed by atoms with van der Waals surface area (Å²) >= 11 is 0. The molecule has 266 valence electrons. The Kier molecular flexibility index (Phi) is 9.36. The number of hydrogen-bond donors (Lipinski definition) is 4. The summed E-state index contributed by atoms with van der Waals surface area (Å²) in [5.41, 5.74) is -2.94. The van der Waals surface area contributed by atoms with Gasteiger partial charge in [-0.1, -0.05) is 44.6 Å². The first kappa shape index (κ1) is 35.8. The summed E-state index contributed by atoms with van der Waals surface area (Å²) in [6.07, 6.45) is 0.650. The lowest BCUT2D eigenvalue weighted by Gasteiger charge is -2.56. The Morgan fingerprint density at radius 3 is 1.92 bits per heavy atom. The number of quaternary nitrogens is 1. The van der Waals surface area contributed by atoms with Gasteiger partial charge in [0.2, 0.25) is 5.75 Å². The van der Waals surface area contributed by atoms with E-state index < -0.39 is 69.1 Å². The molecule has 3 aromatic rings. The number of hydrogen-bond acceptors (Lipinski definition) is 13. The van der Waals surface area contributed by atoms with Crippen LogP contribution in [0.4, 0.5) is 0 Å². The van der Waals surface area contributed by atoms with Crippen LogP contribution in [0.3, 0.4) is 0 Å². The summed E-state index contributed by atoms with van der Waals surface area (Å²) in [6, 6.07) is 9.19. The quantitative estimate of drug-likeness (QED) is 0.0677. The molecule has 4 atom stereocenters. The fourth-order valence-corrected chi connectivity index (χ4v) is 6.12. The molecule has 2 heterocycles. The molecular weight excluding hydrogens is 656 g/mol. The van der Waals surface area contributed by atoms with E-state index in [9.17, 15) is 40.0 Å². The second-order valence-electron chi connectivity index (χ2n) is 12.1. The molecule has 0 radical (unpaired) electrons. The van der Waals surface area contributed by atoms with Crippen molar-refractivity contribution < 1.29 is 63.5 Å². The molecule has 4 unspecified atom stereocenters. The third kappa shape index (κ3) is 5.39. The summed E-state index contributed by atoms with van der Waals surface area (Å²) in [4.78, 5) is 48.3. The van der Waals surface area contributed by atoms with E-state index in [4.69, 9.17) is 23.9 Å². The minimum Gasteiger partial charge on any atom is -0.578 e. The fourth-order valence-electron chi connectivity index (χ4n) is 6.12. The van der Waals surface area contributed by atoms with Crippen molar-refractivity contribution in [3.05, 3.63) is 59.3 Å². The van der Waals surface area contributed by atoms with E-state index in [2.05, 4.69) is 0 Å². The van der Waals surface area contributed by atoms with Gasteiger partial charge >= 0.3 is 29.5 Å². The number of aliphatic hydroxyl groups is 1. The predicted octanol–water partition coefficient (Wildman–Crippen LogP) is 5.91. The van der Waals surface area contributed by atoms with Crippen LogP contribution >= 0.6 is 0 Å². The van der Waals surface area contributed by atoms with Crippen LogP contribution in [0.5, 0.6) is 40.2 Å². The number of aromatic hydroxyl groups is 3. The van der Waals surface area contributed by atoms with Crippen LogP contribution in [0.15, 0.2) is 54.0 Å². The maximum absolute atomic E-state index is 14.8. The molecule has 50 heavy (non-hydrogen) atoms. The van der Waals surface area contributed by atoms with Crippen molar-refractivity contribution in [2.24, 2.45) is 11.8 Å². The number of carbonyl (C=O) groups excluding carboxylic acids is 3. The van der Waals surface area contributed by atoms with Crippen LogP contribution in [0, 0.1) is 17.0 Å². The van der Waals surface area contributed by atoms with Crippen molar-refractivity contribution in [1.82, 2.24) is 5.06 Å². The van der Waals surface area contributed by atoms with Gasteiger partial charge < -0.3 is 39.8 Å². The van der Waals surface area contributed by atoms with Crippen molar-refractivity contribution in [1.29, 1.82) is 0 Å². The molecule has 15 nitrogen and oxygen atoms in total. The van der Waals surface area contributed by atoms with Crippen molar-refractivity contribution in [3.8, 4) is 62.5 Å². The second kappa shape index (κ2) is 13.1. The molecule has 2 aliphatic rings. The van der Waals surface area contributed by atoms with Gasteiger partial charge in [-0.2, -0.15) is 5.06 Å². The third-order valence-electron chi connectivity index (χ3n) is 8.93. The fraction of sp³-hybridized carbons (Fsp3) is 0.343. The van der Waals surface area contributed by atoms with E-state index in [0.717, 1.165) is 18.9 Å². The number of phenols is 3. The number of ether oxygens (including phenoxy) is 3. The number of rotatable bonds is 9. The number of fused-ring (bicyclic) bond motifs is 2. The number of nitrogens with zero attached hydrogens (tertiary/aromatic N) is 2. The summed E-state index contributed by atoms with van der Waals surface area (Å²) < 4.78 is 17.3. The molecule has 0 aromatic heterocycles. The average Bonchev–Trinajstić information content (AvgIpc) is 3.07. The van der Waals surface area contributed by atoms with Gasteiger partial charge in [-0.3, -0.25) is 24.1 Å². The molecule has 4 N–H and O–H groups in total. The Bertz CT molecular complexity index is 1910. The predicted molar refractivity (Wildman–Crippen MR) is 175 cm³/mol. The van der Waals surface area contributed by atoms with Gasteiger partial charge in [0.05, 0.1) is 24.2 Å². The summed E-state index contributed by atoms with van der Waals surface area (Å²) in [5, 5.41) is 59.8. The maximum atomic E-state index is 14.8. The van der Waals surface area contributed by atoms with E-state index >= 15 is 0 Å². The van der Waals surface area contributed by atoms with Gasteiger partial charge in [-0.05, 0) is 54.3 Å². The smallest absolute Gasteiger partial charge is 0.374 e. The number of aliphatic hydroxyl groups excluding tert-OH is 1. The van der Waals surface area contributed by atoms with Crippen molar-refractivity contribution in [3.63, 3.8) is 0 Å². The van der Waals surface area contributed by atoms with Crippen LogP contribution in [0.2, 0.25) is 0 Å². The first-order valence-electron chi connectivity index (χ1n) is 15.8. The standard InChI is InChI=1S/C35H38N2O13/c1-8-17(3)28-33(43)37(45)35(18(4)9-2,34(44)36(28)46-7)49-25-16-22(12-15-24(25)50-37)27-30(42)29(41)26(21-10-13-23(40)14-11-21)31(47-19(5)38)32(27)48-20(6)39/h10-18,40-43H,8-9H2,1-7H3. The highest BCUT2D eigenvalue weighted by atomic mass is 17.0. The van der Waals surface area contributed by atoms with E-state index in [1.807, 2.05) is 0 Å². The lowest BCUT2D eigenvalue weighted by Crippen LogP contribution is -2.78. The molecule has 15 heteroatoms. The normalized spacial score (nSPS) is 21.0. The van der Waals surface area contributed by atoms with Crippen molar-refractivity contribution in [2.75, 3.05) is 7.11 Å². The maximum Gasteiger partial charge on any atom is 0.374 e. The minimum absolute atomic E-state index is 0.000766. The molecule has 2 aliphatic heterocycles. The van der Waals surface area contributed by atoms with Crippen molar-refractivity contribution in [2.45, 2.75) is 60.1 Å². The second-order valence-corrected chi connectivity index (χ2v) is 12.1. The van der Waals surface area contributed by atoms with E-state index in [1.54, 1.807) is 27.7 Å². The highest BCUT2D eigenvalue weighted by molar-refractivity contribution is 5.96. The summed E-state index contributed by atoms with van der Waals surface area (Å²) in [6.45, 7) is 8.95. The van der Waals surface area contributed by atoms with Gasteiger partial charge in [-0.15, -0.1) is 0 Å². The molecule has 0 aliphatic carbocycles. The zero-order chi connectivity index (χ0) is 36.9. The summed E-state index contributed by atoms with van der Waals surface area (Å²) in [7, 11) is 1.22. The molecule has 0 bridgehead atoms. The lowest BCUT2D eigenvalue weighted by atomic mass is 9.89. The first-order chi connectivity index (χ1) is 23.6. The molecule has 0 saturated carbocycles. The number of allylic oxidation sites excluding steroid dienone is 1. The largest absolute Gasteiger partial charge is 0.578 e. The van der Waals surface area contributed by atoms with Crippen LogP contribution in [0.25, 0.3) is 22.3 Å². The number of carbonyl (C=O) groups is 3. The van der Waals surface area contributed by atoms with Crippen LogP contribution in [0.1, 0.15) is 54.4 Å². The zero-order valence-electron chi connectivity index (χ0n) is 28.5. The van der Waals surface area contributed by atoms with Gasteiger partial charge in [0.15, 0.2) is 34.4 Å². The Morgan fingerprint density at radius 2 is 1.42 bits per heavy atom. The number of esters is 2. The molecular formula is C35H38N2O13. The molecule has 0 spiro atoms. The number of phenolic OH excluding ortho intramolecular Hbond substituents is 3. The zero-order valence-corrected chi connectivity index (χ0v) is 28.5. The van der Waals surface area contributed by atoms with Crippen LogP contribution in [-0.2, 0) is 19.2 Å². The molecule has 3 aromatic carbocycles. The SMILES string of the molecule is CCC(C)C1=C(O)[N+]2([O-])Oc3ccc(-c4c(O)c(O)c(-c5ccc(O)cc5)c(OC(C)=O)c4OC(C)=O)cc3OC2(C(C)CC)C(=O)N1OC. The van der Waals surface area contributed by atoms with Crippen LogP contribution in [-0.4, -0.2) is 61.0 Å². The monoisotopic (exact) mass is 694 g/mol. The van der Waals surface area contributed by atoms with E-state index in [0.29, 0.717) is 6.42 Å². The summed E-state index contributed by atoms with van der Waals surface area (Å²) in [5.74, 6) is -7.90. The highest BCUT2D eigenvalue weighted by Gasteiger charge is 2.72. The van der Waals surface area contributed by atoms with Crippen LogP contribution < -0.4 is 19.0 Å². The Hall–Kier alpha value is -5.51. The minimum atomic E-state index is -2.47. The lowest BCUT2D eigenvalue weighted by molar-refractivity contribution is -1.08. The van der Waals surface area contributed by atoms with Gasteiger partial charge in [0, 0.05) is 19.8 Å². The molecule has 0 saturated heterocycles. The first-order valence-corrected chi connectivity index (χ1v) is 15.8. The van der Waals surface area contributed by atoms with Gasteiger partial charge in [0.25, 0.3) is 0 Å². The highest BCUT2D eigenvalue weighted by Crippen LogP contribution is 2.58. The Labute approximate surface area is 287 Å². The molecule has 5 rings (SSSR count). The number of hydroxylamine groups is 6. The molecule has 1 amide bonds. The van der Waals surface area contributed by atoms with E-state index in [1.165, 1.54) is 49.6 Å². The third-order valence-corrected chi connectivity index (χ3v) is 8.93. The average molecular weight is 695 g/mol.